The first-order valence-electron chi connectivity index (χ1n) is 5.47. The fourth-order valence-electron chi connectivity index (χ4n) is 1.58. The van der Waals surface area contributed by atoms with Crippen LogP contribution < -0.4 is 5.32 Å². The Morgan fingerprint density at radius 3 is 2.88 bits per heavy atom. The van der Waals surface area contributed by atoms with Crippen LogP contribution in [0.5, 0.6) is 0 Å². The average molecular weight is 230 g/mol. The molecule has 1 rings (SSSR count). The highest BCUT2D eigenvalue weighted by Gasteiger charge is 2.32. The Kier molecular flexibility index (Phi) is 5.37. The van der Waals surface area contributed by atoms with Crippen LogP contribution in [0.15, 0.2) is 0 Å². The van der Waals surface area contributed by atoms with E-state index in [9.17, 15) is 9.59 Å². The lowest BCUT2D eigenvalue weighted by atomic mass is 10.1. The highest BCUT2D eigenvalue weighted by Crippen LogP contribution is 2.05. The molecule has 6 nitrogen and oxygen atoms in total. The van der Waals surface area contributed by atoms with E-state index in [0.29, 0.717) is 6.42 Å². The molecule has 1 atom stereocenters. The van der Waals surface area contributed by atoms with E-state index in [1.807, 2.05) is 6.92 Å². The molecule has 0 aromatic carbocycles. The van der Waals surface area contributed by atoms with E-state index in [1.165, 1.54) is 4.90 Å². The molecule has 0 radical (unpaired) electrons. The second-order valence-electron chi connectivity index (χ2n) is 3.56. The normalized spacial score (nSPS) is 21.6. The van der Waals surface area contributed by atoms with Crippen LogP contribution in [0.25, 0.3) is 0 Å². The van der Waals surface area contributed by atoms with Crippen LogP contribution in [0.2, 0.25) is 0 Å². The Bertz CT molecular complexity index is 257. The first-order chi connectivity index (χ1) is 7.70. The van der Waals surface area contributed by atoms with Gasteiger partial charge in [-0.25, -0.2) is 0 Å². The van der Waals surface area contributed by atoms with Crippen LogP contribution in [0.4, 0.5) is 0 Å². The van der Waals surface area contributed by atoms with E-state index in [2.05, 4.69) is 5.32 Å². The Balaban J connectivity index is 2.42. The monoisotopic (exact) mass is 230 g/mol. The second-order valence-corrected chi connectivity index (χ2v) is 3.56. The minimum atomic E-state index is -0.268. The molecule has 2 amide bonds. The van der Waals surface area contributed by atoms with Crippen LogP contribution in [0, 0.1) is 0 Å². The summed E-state index contributed by atoms with van der Waals surface area (Å²) in [6, 6.07) is -0.268. The van der Waals surface area contributed by atoms with Gasteiger partial charge in [0.1, 0.15) is 0 Å². The van der Waals surface area contributed by atoms with Gasteiger partial charge >= 0.3 is 0 Å². The van der Waals surface area contributed by atoms with E-state index in [1.54, 1.807) is 0 Å². The number of aliphatic hydroxyl groups excluding tert-OH is 1. The van der Waals surface area contributed by atoms with Gasteiger partial charge in [-0.3, -0.25) is 19.8 Å². The molecule has 1 saturated heterocycles. The number of imide groups is 1. The van der Waals surface area contributed by atoms with Crippen molar-refractivity contribution in [3.8, 4) is 0 Å². The maximum Gasteiger partial charge on any atom is 0.246 e. The molecule has 92 valence electrons. The van der Waals surface area contributed by atoms with E-state index in [4.69, 9.17) is 9.84 Å². The summed E-state index contributed by atoms with van der Waals surface area (Å²) in [7, 11) is 0. The molecule has 1 aliphatic heterocycles. The summed E-state index contributed by atoms with van der Waals surface area (Å²) in [6.07, 6.45) is 0.667. The minimum absolute atomic E-state index is 0.0545. The molecule has 1 heterocycles. The lowest BCUT2D eigenvalue weighted by molar-refractivity contribution is -0.150. The van der Waals surface area contributed by atoms with Crippen molar-refractivity contribution in [1.82, 2.24) is 10.2 Å². The quantitative estimate of drug-likeness (QED) is 0.439. The summed E-state index contributed by atoms with van der Waals surface area (Å²) >= 11 is 0. The molecule has 1 aliphatic rings. The number of rotatable bonds is 6. The van der Waals surface area contributed by atoms with Gasteiger partial charge in [0.05, 0.1) is 39.0 Å². The van der Waals surface area contributed by atoms with E-state index >= 15 is 0 Å². The van der Waals surface area contributed by atoms with Crippen molar-refractivity contribution in [1.29, 1.82) is 0 Å². The van der Waals surface area contributed by atoms with Gasteiger partial charge < -0.3 is 9.84 Å². The van der Waals surface area contributed by atoms with Gasteiger partial charge in [-0.1, -0.05) is 6.92 Å². The predicted octanol–water partition coefficient (Wildman–Crippen LogP) is -1.27. The third kappa shape index (κ3) is 3.26. The fourth-order valence-corrected chi connectivity index (χ4v) is 1.58. The first kappa shape index (κ1) is 13.1. The van der Waals surface area contributed by atoms with Crippen LogP contribution >= 0.6 is 0 Å². The summed E-state index contributed by atoms with van der Waals surface area (Å²) < 4.78 is 5.03. The molecule has 0 bridgehead atoms. The zero-order valence-corrected chi connectivity index (χ0v) is 9.44. The van der Waals surface area contributed by atoms with Crippen molar-refractivity contribution >= 4 is 11.8 Å². The van der Waals surface area contributed by atoms with Crippen LogP contribution in [0.1, 0.15) is 13.3 Å². The van der Waals surface area contributed by atoms with Gasteiger partial charge in [0.2, 0.25) is 11.8 Å². The summed E-state index contributed by atoms with van der Waals surface area (Å²) in [6.45, 7) is 2.80. The van der Waals surface area contributed by atoms with Crippen molar-refractivity contribution in [3.63, 3.8) is 0 Å². The molecule has 0 spiro atoms. The zero-order chi connectivity index (χ0) is 12.0. The van der Waals surface area contributed by atoms with Gasteiger partial charge in [-0.05, 0) is 6.42 Å². The van der Waals surface area contributed by atoms with E-state index in [0.717, 1.165) is 0 Å². The Morgan fingerprint density at radius 2 is 2.25 bits per heavy atom. The van der Waals surface area contributed by atoms with Gasteiger partial charge in [0, 0.05) is 0 Å². The molecule has 16 heavy (non-hydrogen) atoms. The number of nitrogens with one attached hydrogen (secondary N) is 1. The summed E-state index contributed by atoms with van der Waals surface area (Å²) in [5.74, 6) is -0.409. The summed E-state index contributed by atoms with van der Waals surface area (Å²) in [4.78, 5) is 24.5. The number of piperazine rings is 1. The molecular formula is C10H18N2O4. The third-order valence-electron chi connectivity index (χ3n) is 2.47. The van der Waals surface area contributed by atoms with Gasteiger partial charge in [0.15, 0.2) is 0 Å². The molecule has 1 fully saturated rings. The summed E-state index contributed by atoms with van der Waals surface area (Å²) in [5.41, 5.74) is 0. The maximum atomic E-state index is 11.8. The van der Waals surface area contributed by atoms with E-state index in [-0.39, 0.29) is 50.8 Å². The predicted molar refractivity (Wildman–Crippen MR) is 56.7 cm³/mol. The van der Waals surface area contributed by atoms with Crippen LogP contribution in [0.3, 0.4) is 0 Å². The SMILES string of the molecule is CCC1NCC(=O)N(CCOCCO)C1=O. The summed E-state index contributed by atoms with van der Waals surface area (Å²) in [5, 5.41) is 11.4. The lowest BCUT2D eigenvalue weighted by Crippen LogP contribution is -2.58. The average Bonchev–Trinajstić information content (AvgIpc) is 2.28. The van der Waals surface area contributed by atoms with Gasteiger partial charge in [0.25, 0.3) is 0 Å². The molecule has 0 saturated carbocycles. The number of carbonyl (C=O) groups is 2. The molecule has 0 aliphatic carbocycles. The largest absolute Gasteiger partial charge is 0.394 e. The third-order valence-corrected chi connectivity index (χ3v) is 2.47. The molecule has 1 unspecified atom stereocenters. The minimum Gasteiger partial charge on any atom is -0.394 e. The lowest BCUT2D eigenvalue weighted by Gasteiger charge is -2.30. The topological polar surface area (TPSA) is 78.9 Å². The van der Waals surface area contributed by atoms with Gasteiger partial charge in [-0.2, -0.15) is 0 Å². The van der Waals surface area contributed by atoms with Crippen molar-refractivity contribution in [2.24, 2.45) is 0 Å². The van der Waals surface area contributed by atoms with Crippen molar-refractivity contribution in [2.45, 2.75) is 19.4 Å². The number of carbonyl (C=O) groups excluding carboxylic acids is 2. The number of aliphatic hydroxyl groups is 1. The van der Waals surface area contributed by atoms with Crippen molar-refractivity contribution in [2.75, 3.05) is 32.9 Å². The van der Waals surface area contributed by atoms with Crippen LogP contribution in [-0.2, 0) is 14.3 Å². The Hall–Kier alpha value is -0.980. The first-order valence-corrected chi connectivity index (χ1v) is 5.47. The standard InChI is InChI=1S/C10H18N2O4/c1-2-8-10(15)12(9(14)7-11-8)3-5-16-6-4-13/h8,11,13H,2-7H2,1H3. The molecule has 0 aromatic heterocycles. The molecule has 6 heteroatoms. The Morgan fingerprint density at radius 1 is 1.50 bits per heavy atom. The fraction of sp³-hybridized carbons (Fsp3) is 0.800. The second kappa shape index (κ2) is 6.57. The van der Waals surface area contributed by atoms with Crippen molar-refractivity contribution in [3.05, 3.63) is 0 Å². The van der Waals surface area contributed by atoms with Gasteiger partial charge in [-0.15, -0.1) is 0 Å². The maximum absolute atomic E-state index is 11.8. The van der Waals surface area contributed by atoms with Crippen LogP contribution in [-0.4, -0.2) is 60.8 Å². The number of amides is 2. The molecule has 0 aromatic rings. The molecular weight excluding hydrogens is 212 g/mol. The number of ether oxygens (including phenoxy) is 1. The van der Waals surface area contributed by atoms with Crippen molar-refractivity contribution < 1.29 is 19.4 Å². The zero-order valence-electron chi connectivity index (χ0n) is 9.44. The Labute approximate surface area is 94.6 Å². The highest BCUT2D eigenvalue weighted by atomic mass is 16.5. The van der Waals surface area contributed by atoms with E-state index < -0.39 is 0 Å². The highest BCUT2D eigenvalue weighted by molar-refractivity contribution is 6.01. The number of nitrogens with zero attached hydrogens (tertiary/aromatic N) is 1. The molecule has 2 N–H and O–H groups in total. The number of hydrogen-bond donors (Lipinski definition) is 2. The smallest absolute Gasteiger partial charge is 0.246 e. The number of hydrogen-bond acceptors (Lipinski definition) is 5.